The van der Waals surface area contributed by atoms with Gasteiger partial charge in [0, 0.05) is 12.7 Å². The van der Waals surface area contributed by atoms with Gasteiger partial charge in [0.25, 0.3) is 0 Å². The van der Waals surface area contributed by atoms with Crippen LogP contribution in [0.5, 0.6) is 0 Å². The minimum absolute atomic E-state index is 0.0633. The summed E-state index contributed by atoms with van der Waals surface area (Å²) in [5.74, 6) is -1.80. The summed E-state index contributed by atoms with van der Waals surface area (Å²) in [4.78, 5) is 12.2. The van der Waals surface area contributed by atoms with Gasteiger partial charge in [0.15, 0.2) is 0 Å². The van der Waals surface area contributed by atoms with Gasteiger partial charge in [0.1, 0.15) is 11.6 Å². The molecule has 0 aliphatic carbocycles. The van der Waals surface area contributed by atoms with Crippen molar-refractivity contribution in [3.05, 3.63) is 29.8 Å². The summed E-state index contributed by atoms with van der Waals surface area (Å²) in [6.07, 6.45) is 2.01. The molecule has 1 fully saturated rings. The number of carbonyl (C=O) groups is 1. The Morgan fingerprint density at radius 1 is 1.52 bits per heavy atom. The molecule has 1 N–H and O–H groups in total. The van der Waals surface area contributed by atoms with Gasteiger partial charge in [0.05, 0.1) is 23.6 Å². The second kappa shape index (κ2) is 7.87. The van der Waals surface area contributed by atoms with Crippen molar-refractivity contribution in [2.45, 2.75) is 42.8 Å². The molecule has 1 aromatic heterocycles. The van der Waals surface area contributed by atoms with E-state index in [1.165, 1.54) is 0 Å². The second-order valence-corrected chi connectivity index (χ2v) is 6.96. The molecule has 1 aliphatic heterocycles. The summed E-state index contributed by atoms with van der Waals surface area (Å²) >= 11 is 1.14. The number of amides is 1. The topological polar surface area (TPSA) is 81.9 Å². The highest BCUT2D eigenvalue weighted by atomic mass is 32.2. The molecule has 1 aliphatic rings. The lowest BCUT2D eigenvalue weighted by Gasteiger charge is -2.13. The molecule has 1 saturated heterocycles. The van der Waals surface area contributed by atoms with Gasteiger partial charge in [-0.25, -0.2) is 13.5 Å². The van der Waals surface area contributed by atoms with Crippen LogP contribution in [0.2, 0.25) is 0 Å². The van der Waals surface area contributed by atoms with Crippen LogP contribution in [-0.2, 0) is 16.1 Å². The third-order valence-corrected chi connectivity index (χ3v) is 4.81. The fourth-order valence-electron chi connectivity index (χ4n) is 2.42. The van der Waals surface area contributed by atoms with E-state index in [2.05, 4.69) is 20.8 Å². The number of ether oxygens (including phenoxy) is 1. The number of nitrogens with one attached hydrogen (secondary N) is 1. The molecule has 7 nitrogen and oxygen atoms in total. The zero-order chi connectivity index (χ0) is 17.8. The summed E-state index contributed by atoms with van der Waals surface area (Å²) in [7, 11) is 0. The van der Waals surface area contributed by atoms with Gasteiger partial charge in [-0.3, -0.25) is 4.79 Å². The van der Waals surface area contributed by atoms with Gasteiger partial charge < -0.3 is 10.1 Å². The van der Waals surface area contributed by atoms with Crippen LogP contribution in [0.1, 0.15) is 19.8 Å². The summed E-state index contributed by atoms with van der Waals surface area (Å²) < 4.78 is 34.0. The summed E-state index contributed by atoms with van der Waals surface area (Å²) in [5.41, 5.74) is -0.198. The Bertz CT molecular complexity index is 751. The number of anilines is 1. The zero-order valence-electron chi connectivity index (χ0n) is 13.5. The molecule has 2 aromatic rings. The molecule has 0 bridgehead atoms. The Morgan fingerprint density at radius 2 is 2.36 bits per heavy atom. The van der Waals surface area contributed by atoms with Crippen LogP contribution < -0.4 is 5.32 Å². The third-order valence-electron chi connectivity index (χ3n) is 3.74. The van der Waals surface area contributed by atoms with Gasteiger partial charge in [-0.15, -0.1) is 5.10 Å². The average Bonchev–Trinajstić information content (AvgIpc) is 3.24. The van der Waals surface area contributed by atoms with Crippen LogP contribution in [0.4, 0.5) is 14.5 Å². The first-order valence-corrected chi connectivity index (χ1v) is 8.71. The van der Waals surface area contributed by atoms with Crippen molar-refractivity contribution >= 4 is 23.4 Å². The van der Waals surface area contributed by atoms with E-state index in [9.17, 15) is 13.6 Å². The maximum Gasteiger partial charge on any atom is 0.237 e. The van der Waals surface area contributed by atoms with E-state index in [0.29, 0.717) is 11.7 Å². The molecule has 0 radical (unpaired) electrons. The van der Waals surface area contributed by atoms with Crippen molar-refractivity contribution in [2.24, 2.45) is 0 Å². The zero-order valence-corrected chi connectivity index (χ0v) is 14.3. The second-order valence-electron chi connectivity index (χ2n) is 5.65. The molecule has 134 valence electrons. The Hall–Kier alpha value is -2.07. The standard InChI is InChI=1S/C15H17F2N5O2S/c1-9(14(23)18-13-7-10(16)4-5-12(13)17)25-15-19-20-21-22(15)8-11-3-2-6-24-11/h4-5,7,9,11H,2-3,6,8H2,1H3,(H,18,23). The highest BCUT2D eigenvalue weighted by Crippen LogP contribution is 2.24. The maximum atomic E-state index is 13.6. The SMILES string of the molecule is CC(Sc1nnnn1CC1CCCO1)C(=O)Nc1cc(F)ccc1F. The van der Waals surface area contributed by atoms with Crippen molar-refractivity contribution in [2.75, 3.05) is 11.9 Å². The number of halogens is 2. The van der Waals surface area contributed by atoms with E-state index in [4.69, 9.17) is 4.74 Å². The molecular weight excluding hydrogens is 352 g/mol. The van der Waals surface area contributed by atoms with Gasteiger partial charge in [0.2, 0.25) is 11.1 Å². The predicted molar refractivity (Wildman–Crippen MR) is 87.1 cm³/mol. The van der Waals surface area contributed by atoms with Crippen LogP contribution >= 0.6 is 11.8 Å². The highest BCUT2D eigenvalue weighted by Gasteiger charge is 2.22. The summed E-state index contributed by atoms with van der Waals surface area (Å²) in [6, 6.07) is 2.89. The Kier molecular flexibility index (Phi) is 5.59. The average molecular weight is 369 g/mol. The van der Waals surface area contributed by atoms with Crippen molar-refractivity contribution in [3.8, 4) is 0 Å². The molecule has 2 unspecified atom stereocenters. The number of hydrogen-bond donors (Lipinski definition) is 1. The number of carbonyl (C=O) groups excluding carboxylic acids is 1. The van der Waals surface area contributed by atoms with E-state index in [0.717, 1.165) is 49.4 Å². The first-order valence-electron chi connectivity index (χ1n) is 7.83. The molecule has 25 heavy (non-hydrogen) atoms. The fraction of sp³-hybridized carbons (Fsp3) is 0.467. The van der Waals surface area contributed by atoms with E-state index in [1.54, 1.807) is 11.6 Å². The third kappa shape index (κ3) is 4.51. The normalized spacial score (nSPS) is 18.3. The smallest absolute Gasteiger partial charge is 0.237 e. The molecule has 2 heterocycles. The van der Waals surface area contributed by atoms with E-state index in [1.807, 2.05) is 0 Å². The Balaban J connectivity index is 1.61. The monoisotopic (exact) mass is 369 g/mol. The number of hydrogen-bond acceptors (Lipinski definition) is 6. The van der Waals surface area contributed by atoms with Crippen LogP contribution in [0.25, 0.3) is 0 Å². The van der Waals surface area contributed by atoms with E-state index in [-0.39, 0.29) is 11.8 Å². The van der Waals surface area contributed by atoms with Crippen LogP contribution in [0.15, 0.2) is 23.4 Å². The fourth-order valence-corrected chi connectivity index (χ4v) is 3.21. The Labute approximate surface area is 147 Å². The number of tetrazole rings is 1. The summed E-state index contributed by atoms with van der Waals surface area (Å²) in [5, 5.41) is 13.7. The van der Waals surface area contributed by atoms with Crippen LogP contribution in [-0.4, -0.2) is 44.1 Å². The van der Waals surface area contributed by atoms with E-state index < -0.39 is 22.8 Å². The number of rotatable bonds is 6. The lowest BCUT2D eigenvalue weighted by molar-refractivity contribution is -0.115. The van der Waals surface area contributed by atoms with Gasteiger partial charge in [-0.1, -0.05) is 11.8 Å². The largest absolute Gasteiger partial charge is 0.376 e. The first kappa shape index (κ1) is 17.7. The van der Waals surface area contributed by atoms with Crippen LogP contribution in [0.3, 0.4) is 0 Å². The number of nitrogens with zero attached hydrogens (tertiary/aromatic N) is 4. The first-order chi connectivity index (χ1) is 12.0. The Morgan fingerprint density at radius 3 is 3.12 bits per heavy atom. The number of aromatic nitrogens is 4. The van der Waals surface area contributed by atoms with Crippen molar-refractivity contribution < 1.29 is 18.3 Å². The maximum absolute atomic E-state index is 13.6. The van der Waals surface area contributed by atoms with Crippen LogP contribution in [0, 0.1) is 11.6 Å². The molecule has 1 aromatic carbocycles. The quantitative estimate of drug-likeness (QED) is 0.787. The molecule has 2 atom stereocenters. The molecule has 1 amide bonds. The molecule has 10 heteroatoms. The van der Waals surface area contributed by atoms with E-state index >= 15 is 0 Å². The van der Waals surface area contributed by atoms with Gasteiger partial charge in [-0.2, -0.15) is 0 Å². The van der Waals surface area contributed by atoms with Crippen molar-refractivity contribution in [3.63, 3.8) is 0 Å². The lowest BCUT2D eigenvalue weighted by atomic mass is 10.2. The predicted octanol–water partition coefficient (Wildman–Crippen LogP) is 2.25. The molecular formula is C15H17F2N5O2S. The van der Waals surface area contributed by atoms with Crippen molar-refractivity contribution in [1.82, 2.24) is 20.2 Å². The molecule has 0 saturated carbocycles. The number of benzene rings is 1. The lowest BCUT2D eigenvalue weighted by Crippen LogP contribution is -2.24. The minimum atomic E-state index is -0.699. The number of thioether (sulfide) groups is 1. The van der Waals surface area contributed by atoms with Gasteiger partial charge >= 0.3 is 0 Å². The van der Waals surface area contributed by atoms with Gasteiger partial charge in [-0.05, 0) is 42.3 Å². The minimum Gasteiger partial charge on any atom is -0.376 e. The molecule has 0 spiro atoms. The summed E-state index contributed by atoms with van der Waals surface area (Å²) in [6.45, 7) is 2.89. The highest BCUT2D eigenvalue weighted by molar-refractivity contribution is 8.00. The van der Waals surface area contributed by atoms with Crippen molar-refractivity contribution in [1.29, 1.82) is 0 Å². The molecule has 3 rings (SSSR count).